The van der Waals surface area contributed by atoms with Gasteiger partial charge in [-0.3, -0.25) is 4.79 Å². The van der Waals surface area contributed by atoms with Crippen LogP contribution in [0.1, 0.15) is 44.1 Å². The molecule has 1 unspecified atom stereocenters. The second kappa shape index (κ2) is 7.66. The van der Waals surface area contributed by atoms with Gasteiger partial charge in [-0.1, -0.05) is 37.3 Å². The highest BCUT2D eigenvalue weighted by atomic mass is 16.3. The molecule has 0 saturated carbocycles. The van der Waals surface area contributed by atoms with Crippen LogP contribution >= 0.6 is 0 Å². The lowest BCUT2D eigenvalue weighted by molar-refractivity contribution is -0.139. The van der Waals surface area contributed by atoms with Crippen molar-refractivity contribution in [3.05, 3.63) is 35.9 Å². The number of rotatable bonds is 5. The summed E-state index contributed by atoms with van der Waals surface area (Å²) in [5.41, 5.74) is 1.70. The number of aliphatic hydroxyl groups excluding tert-OH is 1. The minimum atomic E-state index is 0.0720. The fourth-order valence-corrected chi connectivity index (χ4v) is 4.32. The Kier molecular flexibility index (Phi) is 5.57. The van der Waals surface area contributed by atoms with Gasteiger partial charge in [-0.25, -0.2) is 0 Å². The van der Waals surface area contributed by atoms with Crippen LogP contribution in [-0.2, 0) is 4.79 Å². The number of β-amino-alcohol motifs (C(OH)–C–C–N with tert-alkyl or cyclic N) is 1. The molecule has 1 atom stereocenters. The molecule has 4 nitrogen and oxygen atoms in total. The van der Waals surface area contributed by atoms with Gasteiger partial charge in [0.2, 0.25) is 5.91 Å². The van der Waals surface area contributed by atoms with E-state index < -0.39 is 0 Å². The van der Waals surface area contributed by atoms with E-state index in [1.165, 1.54) is 18.4 Å². The minimum Gasteiger partial charge on any atom is -0.395 e. The fraction of sp³-hybridized carbons (Fsp3) is 0.650. The van der Waals surface area contributed by atoms with Crippen molar-refractivity contribution in [1.82, 2.24) is 9.80 Å². The third-order valence-electron chi connectivity index (χ3n) is 5.94. The Morgan fingerprint density at radius 3 is 2.54 bits per heavy atom. The molecule has 2 heterocycles. The van der Waals surface area contributed by atoms with Gasteiger partial charge < -0.3 is 14.9 Å². The van der Waals surface area contributed by atoms with Crippen molar-refractivity contribution in [2.45, 2.75) is 38.5 Å². The van der Waals surface area contributed by atoms with Crippen molar-refractivity contribution >= 4 is 5.91 Å². The van der Waals surface area contributed by atoms with Gasteiger partial charge in [-0.05, 0) is 49.2 Å². The molecule has 2 fully saturated rings. The van der Waals surface area contributed by atoms with Gasteiger partial charge in [-0.2, -0.15) is 0 Å². The average molecular weight is 330 g/mol. The van der Waals surface area contributed by atoms with Crippen LogP contribution in [0.3, 0.4) is 0 Å². The SMILES string of the molecule is CC(CN1CCC2(CCC(=O)N(CCO)C2)CC1)c1ccccc1. The first-order valence-corrected chi connectivity index (χ1v) is 9.28. The van der Waals surface area contributed by atoms with Gasteiger partial charge >= 0.3 is 0 Å². The molecule has 0 aromatic heterocycles. The zero-order chi connectivity index (χ0) is 17.0. The minimum absolute atomic E-state index is 0.0720. The van der Waals surface area contributed by atoms with E-state index in [0.29, 0.717) is 18.9 Å². The normalized spacial score (nSPS) is 22.8. The van der Waals surface area contributed by atoms with Crippen molar-refractivity contribution in [2.24, 2.45) is 5.41 Å². The Balaban J connectivity index is 1.53. The highest BCUT2D eigenvalue weighted by Crippen LogP contribution is 2.40. The molecule has 1 aromatic carbocycles. The van der Waals surface area contributed by atoms with E-state index in [9.17, 15) is 9.90 Å². The standard InChI is InChI=1S/C20H30N2O2/c1-17(18-5-3-2-4-6-18)15-21-11-9-20(10-12-21)8-7-19(24)22(16-20)13-14-23/h2-6,17,23H,7-16H2,1H3. The molecular formula is C20H30N2O2. The monoisotopic (exact) mass is 330 g/mol. The molecule has 2 aliphatic rings. The topological polar surface area (TPSA) is 43.8 Å². The van der Waals surface area contributed by atoms with Crippen molar-refractivity contribution in [1.29, 1.82) is 0 Å². The molecule has 0 radical (unpaired) electrons. The first-order chi connectivity index (χ1) is 11.6. The van der Waals surface area contributed by atoms with Crippen molar-refractivity contribution in [2.75, 3.05) is 39.3 Å². The van der Waals surface area contributed by atoms with Crippen LogP contribution in [0, 0.1) is 5.41 Å². The first-order valence-electron chi connectivity index (χ1n) is 9.28. The number of aliphatic hydroxyl groups is 1. The summed E-state index contributed by atoms with van der Waals surface area (Å²) in [6.45, 7) is 7.07. The quantitative estimate of drug-likeness (QED) is 0.902. The first kappa shape index (κ1) is 17.4. The van der Waals surface area contributed by atoms with Crippen molar-refractivity contribution in [3.8, 4) is 0 Å². The Hall–Kier alpha value is -1.39. The Morgan fingerprint density at radius 1 is 1.17 bits per heavy atom. The van der Waals surface area contributed by atoms with E-state index in [0.717, 1.165) is 32.6 Å². The summed E-state index contributed by atoms with van der Waals surface area (Å²) in [5.74, 6) is 0.772. The maximum absolute atomic E-state index is 12.0. The van der Waals surface area contributed by atoms with E-state index in [1.54, 1.807) is 0 Å². The van der Waals surface area contributed by atoms with Crippen molar-refractivity contribution < 1.29 is 9.90 Å². The van der Waals surface area contributed by atoms with Gasteiger partial charge in [0.05, 0.1) is 6.61 Å². The van der Waals surface area contributed by atoms with Crippen LogP contribution in [0.15, 0.2) is 30.3 Å². The molecule has 1 spiro atoms. The molecule has 1 amide bonds. The number of nitrogens with zero attached hydrogens (tertiary/aromatic N) is 2. The van der Waals surface area contributed by atoms with Gasteiger partial charge in [0.25, 0.3) is 0 Å². The third-order valence-corrected chi connectivity index (χ3v) is 5.94. The molecule has 0 aliphatic carbocycles. The maximum atomic E-state index is 12.0. The Bertz CT molecular complexity index is 538. The zero-order valence-corrected chi connectivity index (χ0v) is 14.8. The number of amides is 1. The summed E-state index contributed by atoms with van der Waals surface area (Å²) in [5, 5.41) is 9.17. The lowest BCUT2D eigenvalue weighted by Crippen LogP contribution is -2.52. The van der Waals surface area contributed by atoms with Crippen LogP contribution in [0.2, 0.25) is 0 Å². The largest absolute Gasteiger partial charge is 0.395 e. The molecule has 132 valence electrons. The van der Waals surface area contributed by atoms with Gasteiger partial charge in [0, 0.05) is 26.1 Å². The van der Waals surface area contributed by atoms with Crippen LogP contribution in [0.5, 0.6) is 0 Å². The smallest absolute Gasteiger partial charge is 0.222 e. The molecule has 0 bridgehead atoms. The third kappa shape index (κ3) is 3.98. The molecule has 3 rings (SSSR count). The summed E-state index contributed by atoms with van der Waals surface area (Å²) in [4.78, 5) is 16.4. The summed E-state index contributed by atoms with van der Waals surface area (Å²) in [7, 11) is 0. The van der Waals surface area contributed by atoms with E-state index >= 15 is 0 Å². The highest BCUT2D eigenvalue weighted by Gasteiger charge is 2.40. The van der Waals surface area contributed by atoms with Gasteiger partial charge in [-0.15, -0.1) is 0 Å². The Morgan fingerprint density at radius 2 is 1.88 bits per heavy atom. The number of likely N-dealkylation sites (tertiary alicyclic amines) is 2. The second-order valence-electron chi connectivity index (χ2n) is 7.65. The average Bonchev–Trinajstić information content (AvgIpc) is 2.61. The molecule has 1 aromatic rings. The molecule has 2 saturated heterocycles. The van der Waals surface area contributed by atoms with Crippen LogP contribution in [0.25, 0.3) is 0 Å². The lowest BCUT2D eigenvalue weighted by atomic mass is 9.72. The number of piperidine rings is 2. The number of carbonyl (C=O) groups excluding carboxylic acids is 1. The van der Waals surface area contributed by atoms with Crippen molar-refractivity contribution in [3.63, 3.8) is 0 Å². The molecule has 1 N–H and O–H groups in total. The van der Waals surface area contributed by atoms with Crippen LogP contribution in [-0.4, -0.2) is 60.1 Å². The molecule has 4 heteroatoms. The second-order valence-corrected chi connectivity index (χ2v) is 7.65. The highest BCUT2D eigenvalue weighted by molar-refractivity contribution is 5.77. The number of carbonyl (C=O) groups is 1. The summed E-state index contributed by atoms with van der Waals surface area (Å²) >= 11 is 0. The summed E-state index contributed by atoms with van der Waals surface area (Å²) in [6.07, 6.45) is 4.02. The van der Waals surface area contributed by atoms with E-state index in [-0.39, 0.29) is 17.9 Å². The van der Waals surface area contributed by atoms with Crippen LogP contribution < -0.4 is 0 Å². The van der Waals surface area contributed by atoms with Gasteiger partial charge in [0.1, 0.15) is 0 Å². The zero-order valence-electron chi connectivity index (χ0n) is 14.8. The van der Waals surface area contributed by atoms with E-state index in [4.69, 9.17) is 0 Å². The van der Waals surface area contributed by atoms with E-state index in [1.807, 2.05) is 4.90 Å². The number of benzene rings is 1. The predicted molar refractivity (Wildman–Crippen MR) is 95.9 cm³/mol. The van der Waals surface area contributed by atoms with Gasteiger partial charge in [0.15, 0.2) is 0 Å². The van der Waals surface area contributed by atoms with E-state index in [2.05, 4.69) is 42.2 Å². The summed E-state index contributed by atoms with van der Waals surface area (Å²) < 4.78 is 0. The molecule has 2 aliphatic heterocycles. The molecular weight excluding hydrogens is 300 g/mol. The van der Waals surface area contributed by atoms with Crippen LogP contribution in [0.4, 0.5) is 0 Å². The lowest BCUT2D eigenvalue weighted by Gasteiger charge is -2.47. The number of hydrogen-bond donors (Lipinski definition) is 1. The Labute approximate surface area is 145 Å². The maximum Gasteiger partial charge on any atom is 0.222 e. The number of hydrogen-bond acceptors (Lipinski definition) is 3. The summed E-state index contributed by atoms with van der Waals surface area (Å²) in [6, 6.07) is 10.7. The fourth-order valence-electron chi connectivity index (χ4n) is 4.32. The predicted octanol–water partition coefficient (Wildman–Crippen LogP) is 2.49. The molecule has 24 heavy (non-hydrogen) atoms.